The third kappa shape index (κ3) is 3.97. The van der Waals surface area contributed by atoms with Crippen LogP contribution < -0.4 is 10.6 Å². The van der Waals surface area contributed by atoms with Crippen LogP contribution >= 0.6 is 0 Å². The predicted octanol–water partition coefficient (Wildman–Crippen LogP) is 3.76. The third-order valence-electron chi connectivity index (χ3n) is 3.53. The van der Waals surface area contributed by atoms with Gasteiger partial charge in [-0.3, -0.25) is 9.78 Å². The standard InChI is InChI=1S/C18H13F3N4O/c19-13-1-2-14(17(21)16(13)20)25-18(26)12-5-8-23-15(9-12)24-10-11-3-6-22-7-4-11/h1-9H,10H2,(H,23,24)(H,25,26). The number of nitrogens with one attached hydrogen (secondary N) is 2. The Morgan fingerprint density at radius 3 is 2.50 bits per heavy atom. The Hall–Kier alpha value is -3.42. The van der Waals surface area contributed by atoms with Crippen LogP contribution in [0.25, 0.3) is 0 Å². The van der Waals surface area contributed by atoms with E-state index in [1.165, 1.54) is 18.3 Å². The van der Waals surface area contributed by atoms with Gasteiger partial charge in [-0.05, 0) is 42.0 Å². The normalized spacial score (nSPS) is 10.4. The first-order valence-corrected chi connectivity index (χ1v) is 7.58. The van der Waals surface area contributed by atoms with Crippen molar-refractivity contribution in [1.82, 2.24) is 9.97 Å². The summed E-state index contributed by atoms with van der Waals surface area (Å²) < 4.78 is 39.9. The van der Waals surface area contributed by atoms with Crippen LogP contribution in [-0.4, -0.2) is 15.9 Å². The summed E-state index contributed by atoms with van der Waals surface area (Å²) in [5.74, 6) is -4.67. The molecule has 2 N–H and O–H groups in total. The summed E-state index contributed by atoms with van der Waals surface area (Å²) in [7, 11) is 0. The SMILES string of the molecule is O=C(Nc1ccc(F)c(F)c1F)c1ccnc(NCc2ccncc2)c1. The highest BCUT2D eigenvalue weighted by molar-refractivity contribution is 6.04. The lowest BCUT2D eigenvalue weighted by Crippen LogP contribution is -2.14. The molecule has 2 heterocycles. The van der Waals surface area contributed by atoms with Gasteiger partial charge in [0.25, 0.3) is 5.91 Å². The Morgan fingerprint density at radius 2 is 1.73 bits per heavy atom. The van der Waals surface area contributed by atoms with Crippen molar-refractivity contribution in [2.24, 2.45) is 0 Å². The van der Waals surface area contributed by atoms with Gasteiger partial charge in [0, 0.05) is 30.7 Å². The number of rotatable bonds is 5. The number of hydrogen-bond donors (Lipinski definition) is 2. The molecule has 0 aliphatic carbocycles. The maximum absolute atomic E-state index is 13.7. The van der Waals surface area contributed by atoms with Gasteiger partial charge in [0.15, 0.2) is 17.5 Å². The molecule has 1 aromatic carbocycles. The number of carbonyl (C=O) groups is 1. The van der Waals surface area contributed by atoms with Gasteiger partial charge in [-0.25, -0.2) is 18.2 Å². The van der Waals surface area contributed by atoms with Gasteiger partial charge in [0.2, 0.25) is 0 Å². The third-order valence-corrected chi connectivity index (χ3v) is 3.53. The number of benzene rings is 1. The van der Waals surface area contributed by atoms with Crippen LogP contribution in [0.2, 0.25) is 0 Å². The molecule has 0 unspecified atom stereocenters. The van der Waals surface area contributed by atoms with Gasteiger partial charge in [-0.15, -0.1) is 0 Å². The molecule has 0 saturated heterocycles. The molecule has 0 bridgehead atoms. The number of hydrogen-bond acceptors (Lipinski definition) is 4. The summed E-state index contributed by atoms with van der Waals surface area (Å²) in [4.78, 5) is 20.2. The summed E-state index contributed by atoms with van der Waals surface area (Å²) in [6.07, 6.45) is 4.72. The summed E-state index contributed by atoms with van der Waals surface area (Å²) in [5, 5.41) is 5.26. The molecule has 132 valence electrons. The minimum atomic E-state index is -1.64. The van der Waals surface area contributed by atoms with Crippen LogP contribution in [0.1, 0.15) is 15.9 Å². The first-order chi connectivity index (χ1) is 12.5. The van der Waals surface area contributed by atoms with Gasteiger partial charge in [0.1, 0.15) is 5.82 Å². The fraction of sp³-hybridized carbons (Fsp3) is 0.0556. The van der Waals surface area contributed by atoms with E-state index in [1.807, 2.05) is 12.1 Å². The smallest absolute Gasteiger partial charge is 0.255 e. The van der Waals surface area contributed by atoms with Gasteiger partial charge in [-0.2, -0.15) is 0 Å². The molecule has 0 aliphatic heterocycles. The predicted molar refractivity (Wildman–Crippen MR) is 90.1 cm³/mol. The molecule has 0 atom stereocenters. The summed E-state index contributed by atoms with van der Waals surface area (Å²) >= 11 is 0. The van der Waals surface area contributed by atoms with Crippen LogP contribution in [0.15, 0.2) is 55.0 Å². The number of nitrogens with zero attached hydrogens (tertiary/aromatic N) is 2. The summed E-state index contributed by atoms with van der Waals surface area (Å²) in [6.45, 7) is 0.471. The monoisotopic (exact) mass is 358 g/mol. The fourth-order valence-corrected chi connectivity index (χ4v) is 2.18. The highest BCUT2D eigenvalue weighted by atomic mass is 19.2. The molecule has 0 aliphatic rings. The highest BCUT2D eigenvalue weighted by Crippen LogP contribution is 2.20. The first-order valence-electron chi connectivity index (χ1n) is 7.58. The number of carbonyl (C=O) groups excluding carboxylic acids is 1. The average Bonchev–Trinajstić information content (AvgIpc) is 2.68. The van der Waals surface area contributed by atoms with Crippen LogP contribution in [0.4, 0.5) is 24.7 Å². The Balaban J connectivity index is 1.71. The Kier molecular flexibility index (Phi) is 5.12. The van der Waals surface area contributed by atoms with E-state index in [4.69, 9.17) is 0 Å². The average molecular weight is 358 g/mol. The highest BCUT2D eigenvalue weighted by Gasteiger charge is 2.16. The second kappa shape index (κ2) is 7.64. The minimum absolute atomic E-state index is 0.182. The van der Waals surface area contributed by atoms with E-state index in [-0.39, 0.29) is 5.56 Å². The zero-order valence-corrected chi connectivity index (χ0v) is 13.3. The molecule has 1 amide bonds. The topological polar surface area (TPSA) is 66.9 Å². The van der Waals surface area contributed by atoms with Crippen molar-refractivity contribution in [3.63, 3.8) is 0 Å². The summed E-state index contributed by atoms with van der Waals surface area (Å²) in [6, 6.07) is 8.24. The maximum atomic E-state index is 13.7. The molecule has 26 heavy (non-hydrogen) atoms. The molecular formula is C18H13F3N4O. The molecule has 3 aromatic rings. The van der Waals surface area contributed by atoms with Gasteiger partial charge in [0.05, 0.1) is 5.69 Å². The van der Waals surface area contributed by atoms with Gasteiger partial charge in [-0.1, -0.05) is 0 Å². The van der Waals surface area contributed by atoms with Crippen molar-refractivity contribution in [3.8, 4) is 0 Å². The summed E-state index contributed by atoms with van der Waals surface area (Å²) in [5.41, 5.74) is 0.707. The van der Waals surface area contributed by atoms with Crippen molar-refractivity contribution < 1.29 is 18.0 Å². The molecule has 0 radical (unpaired) electrons. The van der Waals surface area contributed by atoms with Crippen molar-refractivity contribution in [3.05, 3.63) is 83.6 Å². The van der Waals surface area contributed by atoms with E-state index in [0.29, 0.717) is 12.4 Å². The van der Waals surface area contributed by atoms with Crippen LogP contribution in [-0.2, 0) is 6.54 Å². The number of pyridine rings is 2. The lowest BCUT2D eigenvalue weighted by Gasteiger charge is -2.09. The van der Waals surface area contributed by atoms with Crippen molar-refractivity contribution in [1.29, 1.82) is 0 Å². The Morgan fingerprint density at radius 1 is 0.962 bits per heavy atom. The molecule has 8 heteroatoms. The molecule has 0 fully saturated rings. The Labute approximate surface area is 146 Å². The number of aromatic nitrogens is 2. The van der Waals surface area contributed by atoms with E-state index >= 15 is 0 Å². The second-order valence-electron chi connectivity index (χ2n) is 5.32. The first kappa shape index (κ1) is 17.4. The van der Waals surface area contributed by atoms with Crippen molar-refractivity contribution in [2.75, 3.05) is 10.6 Å². The van der Waals surface area contributed by atoms with Gasteiger partial charge >= 0.3 is 0 Å². The van der Waals surface area contributed by atoms with Crippen molar-refractivity contribution in [2.45, 2.75) is 6.54 Å². The molecule has 0 saturated carbocycles. The number of halogens is 3. The zero-order valence-electron chi connectivity index (χ0n) is 13.3. The van der Waals surface area contributed by atoms with E-state index < -0.39 is 29.0 Å². The molecule has 0 spiro atoms. The van der Waals surface area contributed by atoms with Crippen LogP contribution in [0.3, 0.4) is 0 Å². The minimum Gasteiger partial charge on any atom is -0.366 e. The van der Waals surface area contributed by atoms with Crippen LogP contribution in [0, 0.1) is 17.5 Å². The number of amides is 1. The molecule has 3 rings (SSSR count). The van der Waals surface area contributed by atoms with Gasteiger partial charge < -0.3 is 10.6 Å². The van der Waals surface area contributed by atoms with Crippen LogP contribution in [0.5, 0.6) is 0 Å². The molecular weight excluding hydrogens is 345 g/mol. The maximum Gasteiger partial charge on any atom is 0.255 e. The Bertz CT molecular complexity index is 935. The molecule has 5 nitrogen and oxygen atoms in total. The zero-order chi connectivity index (χ0) is 18.5. The largest absolute Gasteiger partial charge is 0.366 e. The molecule has 2 aromatic heterocycles. The fourth-order valence-electron chi connectivity index (χ4n) is 2.18. The quantitative estimate of drug-likeness (QED) is 0.682. The second-order valence-corrected chi connectivity index (χ2v) is 5.32. The van der Waals surface area contributed by atoms with E-state index in [1.54, 1.807) is 12.4 Å². The lowest BCUT2D eigenvalue weighted by molar-refractivity contribution is 0.102. The van der Waals surface area contributed by atoms with E-state index in [2.05, 4.69) is 20.6 Å². The number of anilines is 2. The lowest BCUT2D eigenvalue weighted by atomic mass is 10.2. The van der Waals surface area contributed by atoms with E-state index in [0.717, 1.165) is 17.7 Å². The van der Waals surface area contributed by atoms with E-state index in [9.17, 15) is 18.0 Å². The van der Waals surface area contributed by atoms with Crippen molar-refractivity contribution >= 4 is 17.4 Å².